The number of likely N-dealkylation sites (N-methyl/N-ethyl adjacent to an activating group) is 1. The van der Waals surface area contributed by atoms with Crippen LogP contribution in [0.25, 0.3) is 0 Å². The molecule has 0 radical (unpaired) electrons. The van der Waals surface area contributed by atoms with E-state index in [0.29, 0.717) is 19.4 Å². The zero-order valence-electron chi connectivity index (χ0n) is 10.4. The summed E-state index contributed by atoms with van der Waals surface area (Å²) in [7, 11) is 0. The smallest absolute Gasteiger partial charge is 0.303 e. The van der Waals surface area contributed by atoms with Crippen LogP contribution >= 0.6 is 0 Å². The molecule has 1 saturated carbocycles. The standard InChI is InChI=1S/C12H22N2O3/c1-2-14(10-6-7-10)9-8-13-11(15)4-3-5-12(16)17/h10H,2-9H2,1H3,(H,13,15)(H,16,17). The zero-order valence-corrected chi connectivity index (χ0v) is 10.4. The lowest BCUT2D eigenvalue weighted by molar-refractivity contribution is -0.137. The Labute approximate surface area is 102 Å². The minimum absolute atomic E-state index is 0.0434. The largest absolute Gasteiger partial charge is 0.481 e. The molecule has 0 unspecified atom stereocenters. The first-order chi connectivity index (χ1) is 8.13. The molecule has 1 amide bonds. The Hall–Kier alpha value is -1.10. The van der Waals surface area contributed by atoms with Gasteiger partial charge in [-0.25, -0.2) is 0 Å². The van der Waals surface area contributed by atoms with E-state index in [2.05, 4.69) is 17.1 Å². The number of hydrogen-bond donors (Lipinski definition) is 2. The maximum Gasteiger partial charge on any atom is 0.303 e. The van der Waals surface area contributed by atoms with Crippen molar-refractivity contribution in [1.82, 2.24) is 10.2 Å². The lowest BCUT2D eigenvalue weighted by Gasteiger charge is -2.19. The lowest BCUT2D eigenvalue weighted by atomic mass is 10.2. The van der Waals surface area contributed by atoms with Gasteiger partial charge >= 0.3 is 5.97 Å². The SMILES string of the molecule is CCN(CCNC(=O)CCCC(=O)O)C1CC1. The highest BCUT2D eigenvalue weighted by molar-refractivity contribution is 5.76. The second-order valence-corrected chi connectivity index (χ2v) is 4.46. The number of rotatable bonds is 9. The fraction of sp³-hybridized carbons (Fsp3) is 0.833. The molecule has 0 atom stereocenters. The van der Waals surface area contributed by atoms with E-state index in [-0.39, 0.29) is 12.3 Å². The van der Waals surface area contributed by atoms with Crippen LogP contribution in [-0.4, -0.2) is 47.6 Å². The van der Waals surface area contributed by atoms with Gasteiger partial charge < -0.3 is 10.4 Å². The highest BCUT2D eigenvalue weighted by Crippen LogP contribution is 2.25. The zero-order chi connectivity index (χ0) is 12.7. The van der Waals surface area contributed by atoms with Crippen LogP contribution in [-0.2, 0) is 9.59 Å². The number of nitrogens with one attached hydrogen (secondary N) is 1. The van der Waals surface area contributed by atoms with Crippen molar-refractivity contribution in [2.45, 2.75) is 45.1 Å². The first-order valence-corrected chi connectivity index (χ1v) is 6.36. The highest BCUT2D eigenvalue weighted by atomic mass is 16.4. The van der Waals surface area contributed by atoms with Gasteiger partial charge in [-0.15, -0.1) is 0 Å². The second-order valence-electron chi connectivity index (χ2n) is 4.46. The molecule has 17 heavy (non-hydrogen) atoms. The Morgan fingerprint density at radius 3 is 2.59 bits per heavy atom. The Balaban J connectivity index is 2.00. The van der Waals surface area contributed by atoms with Gasteiger partial charge in [-0.05, 0) is 25.8 Å². The summed E-state index contributed by atoms with van der Waals surface area (Å²) in [5.41, 5.74) is 0. The van der Waals surface area contributed by atoms with E-state index >= 15 is 0 Å². The maximum atomic E-state index is 11.4. The van der Waals surface area contributed by atoms with Crippen molar-refractivity contribution in [2.24, 2.45) is 0 Å². The molecule has 1 aliphatic carbocycles. The van der Waals surface area contributed by atoms with Crippen LogP contribution < -0.4 is 5.32 Å². The summed E-state index contributed by atoms with van der Waals surface area (Å²) in [6, 6.07) is 0.726. The third kappa shape index (κ3) is 6.26. The van der Waals surface area contributed by atoms with Gasteiger partial charge in [0, 0.05) is 32.0 Å². The van der Waals surface area contributed by atoms with Crippen molar-refractivity contribution < 1.29 is 14.7 Å². The van der Waals surface area contributed by atoms with E-state index in [4.69, 9.17) is 5.11 Å². The Morgan fingerprint density at radius 1 is 1.35 bits per heavy atom. The summed E-state index contributed by atoms with van der Waals surface area (Å²) in [4.78, 5) is 24.0. The van der Waals surface area contributed by atoms with Crippen LogP contribution in [0.1, 0.15) is 39.0 Å². The van der Waals surface area contributed by atoms with Crippen molar-refractivity contribution in [3.8, 4) is 0 Å². The topological polar surface area (TPSA) is 69.6 Å². The van der Waals surface area contributed by atoms with E-state index in [1.54, 1.807) is 0 Å². The minimum Gasteiger partial charge on any atom is -0.481 e. The summed E-state index contributed by atoms with van der Waals surface area (Å²) in [6.45, 7) is 4.72. The molecule has 98 valence electrons. The van der Waals surface area contributed by atoms with Gasteiger partial charge in [-0.1, -0.05) is 6.92 Å². The van der Waals surface area contributed by atoms with E-state index in [1.165, 1.54) is 12.8 Å². The summed E-state index contributed by atoms with van der Waals surface area (Å²) in [6.07, 6.45) is 3.35. The van der Waals surface area contributed by atoms with Gasteiger partial charge in [0.25, 0.3) is 0 Å². The molecule has 1 aliphatic rings. The normalized spacial score (nSPS) is 14.9. The predicted octanol–water partition coefficient (Wildman–Crippen LogP) is 0.842. The average Bonchev–Trinajstić information content (AvgIpc) is 3.08. The molecular formula is C12H22N2O3. The number of aliphatic carboxylic acids is 1. The van der Waals surface area contributed by atoms with E-state index in [0.717, 1.165) is 19.1 Å². The molecule has 0 aromatic rings. The van der Waals surface area contributed by atoms with Gasteiger partial charge in [-0.3, -0.25) is 14.5 Å². The van der Waals surface area contributed by atoms with E-state index < -0.39 is 5.97 Å². The van der Waals surface area contributed by atoms with Gasteiger partial charge in [0.1, 0.15) is 0 Å². The molecule has 2 N–H and O–H groups in total. The molecule has 5 heteroatoms. The lowest BCUT2D eigenvalue weighted by Crippen LogP contribution is -2.36. The van der Waals surface area contributed by atoms with Gasteiger partial charge in [-0.2, -0.15) is 0 Å². The van der Waals surface area contributed by atoms with Crippen molar-refractivity contribution in [3.05, 3.63) is 0 Å². The first-order valence-electron chi connectivity index (χ1n) is 6.36. The third-order valence-electron chi connectivity index (χ3n) is 2.99. The van der Waals surface area contributed by atoms with Crippen molar-refractivity contribution in [2.75, 3.05) is 19.6 Å². The molecule has 0 heterocycles. The molecular weight excluding hydrogens is 220 g/mol. The highest BCUT2D eigenvalue weighted by Gasteiger charge is 2.27. The van der Waals surface area contributed by atoms with Crippen molar-refractivity contribution in [1.29, 1.82) is 0 Å². The molecule has 1 fully saturated rings. The van der Waals surface area contributed by atoms with Crippen LogP contribution in [0.15, 0.2) is 0 Å². The summed E-state index contributed by atoms with van der Waals surface area (Å²) in [5.74, 6) is -0.887. The molecule has 0 bridgehead atoms. The molecule has 5 nitrogen and oxygen atoms in total. The Kier molecular flexibility index (Phi) is 5.97. The van der Waals surface area contributed by atoms with Gasteiger partial charge in [0.05, 0.1) is 0 Å². The Bertz CT molecular complexity index is 264. The molecule has 0 spiro atoms. The quantitative estimate of drug-likeness (QED) is 0.628. The fourth-order valence-corrected chi connectivity index (χ4v) is 1.87. The first kappa shape index (κ1) is 14.0. The number of amides is 1. The number of carbonyl (C=O) groups excluding carboxylic acids is 1. The number of carboxylic acids is 1. The number of hydrogen-bond acceptors (Lipinski definition) is 3. The molecule has 1 rings (SSSR count). The van der Waals surface area contributed by atoms with Gasteiger partial charge in [0.2, 0.25) is 5.91 Å². The van der Waals surface area contributed by atoms with E-state index in [1.807, 2.05) is 0 Å². The molecule has 0 aromatic carbocycles. The summed E-state index contributed by atoms with van der Waals surface area (Å²) in [5, 5.41) is 11.3. The Morgan fingerprint density at radius 2 is 2.06 bits per heavy atom. The maximum absolute atomic E-state index is 11.4. The summed E-state index contributed by atoms with van der Waals surface area (Å²) >= 11 is 0. The monoisotopic (exact) mass is 242 g/mol. The summed E-state index contributed by atoms with van der Waals surface area (Å²) < 4.78 is 0. The number of nitrogens with zero attached hydrogens (tertiary/aromatic N) is 1. The fourth-order valence-electron chi connectivity index (χ4n) is 1.87. The van der Waals surface area contributed by atoms with Gasteiger partial charge in [0.15, 0.2) is 0 Å². The van der Waals surface area contributed by atoms with E-state index in [9.17, 15) is 9.59 Å². The number of carbonyl (C=O) groups is 2. The molecule has 0 aromatic heterocycles. The van der Waals surface area contributed by atoms with Crippen molar-refractivity contribution in [3.63, 3.8) is 0 Å². The third-order valence-corrected chi connectivity index (χ3v) is 2.99. The van der Waals surface area contributed by atoms with Crippen LogP contribution in [0.3, 0.4) is 0 Å². The minimum atomic E-state index is -0.844. The van der Waals surface area contributed by atoms with Crippen LogP contribution in [0.2, 0.25) is 0 Å². The number of carboxylic acid groups (broad SMARTS) is 1. The predicted molar refractivity (Wildman–Crippen MR) is 64.8 cm³/mol. The van der Waals surface area contributed by atoms with Crippen LogP contribution in [0, 0.1) is 0 Å². The average molecular weight is 242 g/mol. The molecule has 0 saturated heterocycles. The second kappa shape index (κ2) is 7.27. The van der Waals surface area contributed by atoms with Crippen LogP contribution in [0.4, 0.5) is 0 Å². The van der Waals surface area contributed by atoms with Crippen LogP contribution in [0.5, 0.6) is 0 Å². The molecule has 0 aliphatic heterocycles. The van der Waals surface area contributed by atoms with Crippen molar-refractivity contribution >= 4 is 11.9 Å².